The van der Waals surface area contributed by atoms with E-state index < -0.39 is 0 Å². The second kappa shape index (κ2) is 9.76. The van der Waals surface area contributed by atoms with Crippen LogP contribution in [0.5, 0.6) is 0 Å². The van der Waals surface area contributed by atoms with E-state index in [1.54, 1.807) is 18.3 Å². The van der Waals surface area contributed by atoms with Crippen LogP contribution >= 0.6 is 0 Å². The van der Waals surface area contributed by atoms with Crippen molar-refractivity contribution in [2.45, 2.75) is 19.4 Å². The maximum atomic E-state index is 12.5. The molecular weight excluding hydrogens is 400 g/mol. The molecule has 0 atom stereocenters. The lowest BCUT2D eigenvalue weighted by Gasteiger charge is -2.31. The molecule has 1 saturated heterocycles. The number of nitrogens with zero attached hydrogens (tertiary/aromatic N) is 4. The van der Waals surface area contributed by atoms with E-state index in [0.717, 1.165) is 35.6 Å². The Morgan fingerprint density at radius 1 is 1.00 bits per heavy atom. The predicted molar refractivity (Wildman–Crippen MR) is 120 cm³/mol. The highest BCUT2D eigenvalue weighted by atomic mass is 16.5. The molecule has 1 aromatic heterocycles. The maximum Gasteiger partial charge on any atom is 0.309 e. The molecule has 1 aliphatic rings. The standard InChI is InChI=1S/C26H22N4O2/c27-15-20-7-10-25(29-17-20)30-13-11-22(12-14-30)26(31)32-18-19-5-8-21(9-6-19)24-4-2-1-3-23(24)16-28/h1-10,17,22H,11-14,18H2. The topological polar surface area (TPSA) is 90.0 Å². The number of aromatic nitrogens is 1. The number of hydrogen-bond donors (Lipinski definition) is 0. The zero-order valence-corrected chi connectivity index (χ0v) is 17.6. The summed E-state index contributed by atoms with van der Waals surface area (Å²) in [6.45, 7) is 1.69. The molecular formula is C26H22N4O2. The van der Waals surface area contributed by atoms with E-state index in [9.17, 15) is 10.1 Å². The Bertz CT molecular complexity index is 1170. The fourth-order valence-electron chi connectivity index (χ4n) is 3.87. The van der Waals surface area contributed by atoms with E-state index in [0.29, 0.717) is 24.0 Å². The first-order chi connectivity index (χ1) is 15.7. The average Bonchev–Trinajstić information content (AvgIpc) is 2.87. The number of carbonyl (C=O) groups is 1. The zero-order chi connectivity index (χ0) is 22.3. The van der Waals surface area contributed by atoms with Gasteiger partial charge < -0.3 is 9.64 Å². The van der Waals surface area contributed by atoms with E-state index in [1.165, 1.54) is 0 Å². The predicted octanol–water partition coefficient (Wildman–Crippen LogP) is 4.45. The van der Waals surface area contributed by atoms with Crippen molar-refractivity contribution in [1.82, 2.24) is 4.98 Å². The fraction of sp³-hybridized carbons (Fsp3) is 0.231. The third-order valence-electron chi connectivity index (χ3n) is 5.72. The van der Waals surface area contributed by atoms with Gasteiger partial charge in [0.05, 0.1) is 23.1 Å². The van der Waals surface area contributed by atoms with Crippen LogP contribution in [0, 0.1) is 28.6 Å². The van der Waals surface area contributed by atoms with Crippen molar-refractivity contribution in [1.29, 1.82) is 10.5 Å². The van der Waals surface area contributed by atoms with E-state index in [4.69, 9.17) is 10.00 Å². The monoisotopic (exact) mass is 422 g/mol. The Morgan fingerprint density at radius 2 is 1.75 bits per heavy atom. The fourth-order valence-corrected chi connectivity index (χ4v) is 3.87. The summed E-state index contributed by atoms with van der Waals surface area (Å²) in [5.41, 5.74) is 3.93. The van der Waals surface area contributed by atoms with Crippen LogP contribution in [0.1, 0.15) is 29.5 Å². The molecule has 0 unspecified atom stereocenters. The molecule has 0 aliphatic carbocycles. The van der Waals surface area contributed by atoms with Gasteiger partial charge in [-0.1, -0.05) is 42.5 Å². The van der Waals surface area contributed by atoms with Gasteiger partial charge in [0.15, 0.2) is 0 Å². The number of anilines is 1. The molecule has 2 heterocycles. The molecule has 1 fully saturated rings. The lowest BCUT2D eigenvalue weighted by molar-refractivity contribution is -0.150. The molecule has 6 nitrogen and oxygen atoms in total. The number of hydrogen-bond acceptors (Lipinski definition) is 6. The second-order valence-corrected chi connectivity index (χ2v) is 7.74. The Labute approximate surface area is 187 Å². The first kappa shape index (κ1) is 21.1. The summed E-state index contributed by atoms with van der Waals surface area (Å²) < 4.78 is 5.57. The lowest BCUT2D eigenvalue weighted by atomic mass is 9.97. The van der Waals surface area contributed by atoms with E-state index in [1.807, 2.05) is 48.5 Å². The summed E-state index contributed by atoms with van der Waals surface area (Å²) >= 11 is 0. The van der Waals surface area contributed by atoms with Gasteiger partial charge in [-0.05, 0) is 47.7 Å². The van der Waals surface area contributed by atoms with Crippen LogP contribution < -0.4 is 4.90 Å². The molecule has 0 spiro atoms. The SMILES string of the molecule is N#Cc1ccc(N2CCC(C(=O)OCc3ccc(-c4ccccc4C#N)cc3)CC2)nc1. The highest BCUT2D eigenvalue weighted by Gasteiger charge is 2.26. The van der Waals surface area contributed by atoms with Crippen molar-refractivity contribution in [3.63, 3.8) is 0 Å². The van der Waals surface area contributed by atoms with Gasteiger partial charge in [-0.3, -0.25) is 4.79 Å². The van der Waals surface area contributed by atoms with Crippen LogP contribution in [-0.4, -0.2) is 24.0 Å². The Morgan fingerprint density at radius 3 is 2.41 bits per heavy atom. The number of pyridine rings is 1. The first-order valence-electron chi connectivity index (χ1n) is 10.5. The van der Waals surface area contributed by atoms with E-state index in [2.05, 4.69) is 22.0 Å². The van der Waals surface area contributed by atoms with Crippen molar-refractivity contribution in [3.8, 4) is 23.3 Å². The van der Waals surface area contributed by atoms with Crippen LogP contribution in [-0.2, 0) is 16.1 Å². The summed E-state index contributed by atoms with van der Waals surface area (Å²) in [5, 5.41) is 18.2. The number of benzene rings is 2. The molecule has 6 heteroatoms. The van der Waals surface area contributed by atoms with Crippen LogP contribution in [0.4, 0.5) is 5.82 Å². The summed E-state index contributed by atoms with van der Waals surface area (Å²) in [5.74, 6) is 0.539. The maximum absolute atomic E-state index is 12.5. The Balaban J connectivity index is 1.29. The normalized spacial score (nSPS) is 13.8. The minimum absolute atomic E-state index is 0.119. The molecule has 2 aromatic carbocycles. The number of piperidine rings is 1. The van der Waals surface area contributed by atoms with Gasteiger partial charge in [0.1, 0.15) is 18.5 Å². The summed E-state index contributed by atoms with van der Waals surface area (Å²) in [6.07, 6.45) is 2.99. The smallest absolute Gasteiger partial charge is 0.309 e. The molecule has 4 rings (SSSR count). The highest BCUT2D eigenvalue weighted by Crippen LogP contribution is 2.25. The molecule has 158 valence electrons. The molecule has 3 aromatic rings. The first-order valence-corrected chi connectivity index (χ1v) is 10.5. The largest absolute Gasteiger partial charge is 0.461 e. The molecule has 0 saturated carbocycles. The molecule has 0 radical (unpaired) electrons. The van der Waals surface area contributed by atoms with Crippen molar-refractivity contribution < 1.29 is 9.53 Å². The lowest BCUT2D eigenvalue weighted by Crippen LogP contribution is -2.37. The van der Waals surface area contributed by atoms with E-state index in [-0.39, 0.29) is 18.5 Å². The highest BCUT2D eigenvalue weighted by molar-refractivity contribution is 5.73. The zero-order valence-electron chi connectivity index (χ0n) is 17.6. The molecule has 0 N–H and O–H groups in total. The van der Waals surface area contributed by atoms with Crippen molar-refractivity contribution >= 4 is 11.8 Å². The van der Waals surface area contributed by atoms with Crippen molar-refractivity contribution in [2.75, 3.05) is 18.0 Å². The van der Waals surface area contributed by atoms with Crippen LogP contribution in [0.3, 0.4) is 0 Å². The minimum atomic E-state index is -0.170. The third-order valence-corrected chi connectivity index (χ3v) is 5.72. The molecule has 32 heavy (non-hydrogen) atoms. The third kappa shape index (κ3) is 4.77. The Hall–Kier alpha value is -4.16. The minimum Gasteiger partial charge on any atom is -0.461 e. The molecule has 0 bridgehead atoms. The van der Waals surface area contributed by atoms with Gasteiger partial charge in [-0.2, -0.15) is 10.5 Å². The number of ether oxygens (including phenoxy) is 1. The van der Waals surface area contributed by atoms with Gasteiger partial charge >= 0.3 is 5.97 Å². The van der Waals surface area contributed by atoms with Crippen LogP contribution in [0.25, 0.3) is 11.1 Å². The van der Waals surface area contributed by atoms with Gasteiger partial charge in [0.25, 0.3) is 0 Å². The molecule has 1 aliphatic heterocycles. The average molecular weight is 422 g/mol. The second-order valence-electron chi connectivity index (χ2n) is 7.74. The summed E-state index contributed by atoms with van der Waals surface area (Å²) in [7, 11) is 0. The number of carbonyl (C=O) groups excluding carboxylic acids is 1. The van der Waals surface area contributed by atoms with Gasteiger partial charge in [0.2, 0.25) is 0 Å². The van der Waals surface area contributed by atoms with Crippen LogP contribution in [0.15, 0.2) is 66.9 Å². The number of rotatable bonds is 5. The Kier molecular flexibility index (Phi) is 6.43. The van der Waals surface area contributed by atoms with Gasteiger partial charge in [-0.15, -0.1) is 0 Å². The summed E-state index contributed by atoms with van der Waals surface area (Å²) in [6, 6.07) is 23.1. The van der Waals surface area contributed by atoms with Gasteiger partial charge in [0, 0.05) is 19.3 Å². The van der Waals surface area contributed by atoms with Crippen molar-refractivity contribution in [2.24, 2.45) is 5.92 Å². The van der Waals surface area contributed by atoms with E-state index >= 15 is 0 Å². The quantitative estimate of drug-likeness (QED) is 0.564. The van der Waals surface area contributed by atoms with Gasteiger partial charge in [-0.25, -0.2) is 4.98 Å². The number of nitriles is 2. The summed E-state index contributed by atoms with van der Waals surface area (Å²) in [4.78, 5) is 19.0. The molecule has 0 amide bonds. The van der Waals surface area contributed by atoms with Crippen LogP contribution in [0.2, 0.25) is 0 Å². The number of esters is 1. The van der Waals surface area contributed by atoms with Crippen molar-refractivity contribution in [3.05, 3.63) is 83.6 Å².